The van der Waals surface area contributed by atoms with E-state index in [1.165, 1.54) is 0 Å². The molecular formula is C8H14N3O+. The van der Waals surface area contributed by atoms with Crippen LogP contribution in [0.2, 0.25) is 0 Å². The van der Waals surface area contributed by atoms with Crippen molar-refractivity contribution < 1.29 is 5.11 Å². The second-order valence-corrected chi connectivity index (χ2v) is 2.57. The molecule has 0 radical (unpaired) electrons. The maximum absolute atomic E-state index is 9.25. The van der Waals surface area contributed by atoms with Gasteiger partial charge in [0, 0.05) is 13.1 Å². The SMILES string of the molecule is C=C(C)CN(CC)/C(O)=C/[N+]#N. The molecule has 0 saturated carbocycles. The summed E-state index contributed by atoms with van der Waals surface area (Å²) in [6.07, 6.45) is 0.993. The van der Waals surface area contributed by atoms with Crippen molar-refractivity contribution in [1.29, 1.82) is 5.39 Å². The summed E-state index contributed by atoms with van der Waals surface area (Å²) in [6, 6.07) is 0. The van der Waals surface area contributed by atoms with E-state index in [0.29, 0.717) is 13.1 Å². The standard InChI is InChI=1S/C8H13N3O/c1-4-11(6-7(2)3)8(12)5-10-9/h5H,2,4,6H2,1,3H3/p+1/b8-5-. The number of hydrogen-bond acceptors (Lipinski definition) is 3. The maximum Gasteiger partial charge on any atom is 0.409 e. The second-order valence-electron chi connectivity index (χ2n) is 2.57. The first-order valence-corrected chi connectivity index (χ1v) is 3.74. The third kappa shape index (κ3) is 3.62. The van der Waals surface area contributed by atoms with Crippen LogP contribution < -0.4 is 0 Å². The van der Waals surface area contributed by atoms with Crippen molar-refractivity contribution >= 4 is 0 Å². The molecule has 0 heterocycles. The average Bonchev–Trinajstić information content (AvgIpc) is 2.00. The molecule has 0 amide bonds. The molecule has 0 rings (SSSR count). The van der Waals surface area contributed by atoms with Crippen molar-refractivity contribution in [3.63, 3.8) is 0 Å². The van der Waals surface area contributed by atoms with Gasteiger partial charge in [0.05, 0.1) is 0 Å². The van der Waals surface area contributed by atoms with Crippen LogP contribution in [0.15, 0.2) is 24.2 Å². The van der Waals surface area contributed by atoms with Gasteiger partial charge in [0.2, 0.25) is 5.39 Å². The van der Waals surface area contributed by atoms with Gasteiger partial charge in [-0.1, -0.05) is 12.2 Å². The molecule has 0 aliphatic heterocycles. The fourth-order valence-corrected chi connectivity index (χ4v) is 0.814. The van der Waals surface area contributed by atoms with Crippen LogP contribution in [0.1, 0.15) is 13.8 Å². The Morgan fingerprint density at radius 3 is 2.67 bits per heavy atom. The molecule has 0 bridgehead atoms. The van der Waals surface area contributed by atoms with Crippen LogP contribution in [0, 0.1) is 5.39 Å². The van der Waals surface area contributed by atoms with E-state index < -0.39 is 0 Å². The van der Waals surface area contributed by atoms with Gasteiger partial charge in [0.25, 0.3) is 5.88 Å². The minimum Gasteiger partial charge on any atom is -0.489 e. The zero-order chi connectivity index (χ0) is 9.56. The lowest BCUT2D eigenvalue weighted by Gasteiger charge is -2.18. The van der Waals surface area contributed by atoms with Gasteiger partial charge in [-0.3, -0.25) is 0 Å². The molecule has 0 spiro atoms. The molecule has 0 aromatic carbocycles. The summed E-state index contributed by atoms with van der Waals surface area (Å²) in [4.78, 5) is 4.37. The summed E-state index contributed by atoms with van der Waals surface area (Å²) in [6.45, 7) is 8.68. The topological polar surface area (TPSA) is 51.6 Å². The Hall–Kier alpha value is -1.50. The molecule has 0 aromatic rings. The van der Waals surface area contributed by atoms with Crippen LogP contribution in [-0.2, 0) is 0 Å². The van der Waals surface area contributed by atoms with Gasteiger partial charge in [0.15, 0.2) is 4.98 Å². The number of aliphatic hydroxyl groups excluding tert-OH is 1. The van der Waals surface area contributed by atoms with Crippen LogP contribution in [0.25, 0.3) is 4.98 Å². The van der Waals surface area contributed by atoms with Gasteiger partial charge >= 0.3 is 6.20 Å². The Bertz CT molecular complexity index is 227. The highest BCUT2D eigenvalue weighted by Gasteiger charge is 2.09. The third-order valence-electron chi connectivity index (χ3n) is 1.34. The molecule has 0 aliphatic rings. The number of nitrogens with zero attached hydrogens (tertiary/aromatic N) is 3. The van der Waals surface area contributed by atoms with Crippen molar-refractivity contribution in [1.82, 2.24) is 4.90 Å². The Morgan fingerprint density at radius 2 is 2.33 bits per heavy atom. The van der Waals surface area contributed by atoms with Gasteiger partial charge in [-0.05, 0) is 13.8 Å². The monoisotopic (exact) mass is 168 g/mol. The number of aliphatic hydroxyl groups is 1. The van der Waals surface area contributed by atoms with E-state index in [4.69, 9.17) is 5.39 Å². The normalized spacial score (nSPS) is 10.6. The lowest BCUT2D eigenvalue weighted by atomic mass is 10.3. The minimum absolute atomic E-state index is 0.0528. The summed E-state index contributed by atoms with van der Waals surface area (Å²) < 4.78 is 0. The highest BCUT2D eigenvalue weighted by atomic mass is 16.3. The molecule has 0 atom stereocenters. The first kappa shape index (κ1) is 10.5. The number of diazo groups is 1. The summed E-state index contributed by atoms with van der Waals surface area (Å²) in [5, 5.41) is 17.4. The molecule has 0 unspecified atom stereocenters. The van der Waals surface area contributed by atoms with Crippen molar-refractivity contribution in [3.05, 3.63) is 29.2 Å². The summed E-state index contributed by atoms with van der Waals surface area (Å²) in [7, 11) is 0. The van der Waals surface area contributed by atoms with Crippen molar-refractivity contribution in [2.45, 2.75) is 13.8 Å². The van der Waals surface area contributed by atoms with Gasteiger partial charge < -0.3 is 10.0 Å². The highest BCUT2D eigenvalue weighted by molar-refractivity contribution is 5.01. The van der Waals surface area contributed by atoms with Crippen molar-refractivity contribution in [2.24, 2.45) is 0 Å². The lowest BCUT2D eigenvalue weighted by molar-refractivity contribution is 0.220. The van der Waals surface area contributed by atoms with Gasteiger partial charge in [-0.25, -0.2) is 0 Å². The van der Waals surface area contributed by atoms with E-state index in [1.54, 1.807) is 4.90 Å². The molecular weight excluding hydrogens is 154 g/mol. The average molecular weight is 168 g/mol. The molecule has 0 saturated heterocycles. The van der Waals surface area contributed by atoms with Gasteiger partial charge in [-0.2, -0.15) is 0 Å². The highest BCUT2D eigenvalue weighted by Crippen LogP contribution is 2.03. The first-order valence-electron chi connectivity index (χ1n) is 3.74. The van der Waals surface area contributed by atoms with Crippen molar-refractivity contribution in [2.75, 3.05) is 13.1 Å². The van der Waals surface area contributed by atoms with E-state index in [2.05, 4.69) is 11.6 Å². The summed E-state index contributed by atoms with van der Waals surface area (Å²) in [5.74, 6) is -0.0528. The van der Waals surface area contributed by atoms with E-state index in [9.17, 15) is 5.11 Å². The molecule has 4 heteroatoms. The van der Waals surface area contributed by atoms with Gasteiger partial charge in [0.1, 0.15) is 0 Å². The van der Waals surface area contributed by atoms with E-state index in [0.717, 1.165) is 11.8 Å². The fourth-order valence-electron chi connectivity index (χ4n) is 0.814. The van der Waals surface area contributed by atoms with E-state index in [-0.39, 0.29) is 5.88 Å². The lowest BCUT2D eigenvalue weighted by Crippen LogP contribution is -2.24. The van der Waals surface area contributed by atoms with E-state index in [1.807, 2.05) is 13.8 Å². The maximum atomic E-state index is 9.25. The number of rotatable bonds is 4. The fraction of sp³-hybridized carbons (Fsp3) is 0.500. The van der Waals surface area contributed by atoms with Gasteiger partial charge in [-0.15, -0.1) is 0 Å². The largest absolute Gasteiger partial charge is 0.489 e. The second kappa shape index (κ2) is 5.19. The smallest absolute Gasteiger partial charge is 0.409 e. The Kier molecular flexibility index (Phi) is 4.54. The third-order valence-corrected chi connectivity index (χ3v) is 1.34. The first-order chi connectivity index (χ1) is 5.61. The molecule has 12 heavy (non-hydrogen) atoms. The van der Waals surface area contributed by atoms with Crippen LogP contribution in [0.5, 0.6) is 0 Å². The Labute approximate surface area is 72.4 Å². The van der Waals surface area contributed by atoms with Crippen LogP contribution in [0.4, 0.5) is 0 Å². The van der Waals surface area contributed by atoms with Crippen LogP contribution in [0.3, 0.4) is 0 Å². The molecule has 0 fully saturated rings. The zero-order valence-corrected chi connectivity index (χ0v) is 7.49. The minimum atomic E-state index is -0.0528. The van der Waals surface area contributed by atoms with Crippen LogP contribution >= 0.6 is 0 Å². The summed E-state index contributed by atoms with van der Waals surface area (Å²) >= 11 is 0. The molecule has 0 aliphatic carbocycles. The molecule has 0 aromatic heterocycles. The predicted octanol–water partition coefficient (Wildman–Crippen LogP) is 2.09. The molecule has 4 nitrogen and oxygen atoms in total. The number of hydrogen-bond donors (Lipinski definition) is 1. The Balaban J connectivity index is 4.26. The zero-order valence-electron chi connectivity index (χ0n) is 7.49. The van der Waals surface area contributed by atoms with Crippen LogP contribution in [-0.4, -0.2) is 23.1 Å². The predicted molar refractivity (Wildman–Crippen MR) is 47.9 cm³/mol. The van der Waals surface area contributed by atoms with E-state index >= 15 is 0 Å². The quantitative estimate of drug-likeness (QED) is 0.397. The number of likely N-dealkylation sites (N-methyl/N-ethyl adjacent to an activating group) is 1. The molecule has 1 N–H and O–H groups in total. The van der Waals surface area contributed by atoms with Crippen molar-refractivity contribution in [3.8, 4) is 0 Å². The molecule has 66 valence electrons. The summed E-state index contributed by atoms with van der Waals surface area (Å²) in [5.41, 5.74) is 0.940. The Morgan fingerprint density at radius 1 is 1.75 bits per heavy atom.